The Morgan fingerprint density at radius 1 is 1.29 bits per heavy atom. The van der Waals surface area contributed by atoms with Gasteiger partial charge >= 0.3 is 6.18 Å². The van der Waals surface area contributed by atoms with E-state index in [1.165, 1.54) is 12.1 Å². The van der Waals surface area contributed by atoms with Gasteiger partial charge in [0, 0.05) is 6.54 Å². The SMILES string of the molecule is FC(F)(F)c1cc([C@H]2CCCNC2)ccc1Cl. The summed E-state index contributed by atoms with van der Waals surface area (Å²) in [5, 5.41) is 2.96. The lowest BCUT2D eigenvalue weighted by Crippen LogP contribution is -2.28. The summed E-state index contributed by atoms with van der Waals surface area (Å²) in [6, 6.07) is 4.21. The predicted molar refractivity (Wildman–Crippen MR) is 61.3 cm³/mol. The molecule has 1 nitrogen and oxygen atoms in total. The van der Waals surface area contributed by atoms with Crippen LogP contribution in [0.4, 0.5) is 13.2 Å². The second-order valence-electron chi connectivity index (χ2n) is 4.28. The van der Waals surface area contributed by atoms with E-state index in [0.29, 0.717) is 5.56 Å². The molecule has 0 spiro atoms. The molecule has 0 unspecified atom stereocenters. The molecule has 1 saturated heterocycles. The summed E-state index contributed by atoms with van der Waals surface area (Å²) in [4.78, 5) is 0. The van der Waals surface area contributed by atoms with E-state index < -0.39 is 11.7 Å². The third-order valence-corrected chi connectivity index (χ3v) is 3.39. The Labute approximate surface area is 103 Å². The van der Waals surface area contributed by atoms with E-state index in [-0.39, 0.29) is 10.9 Å². The van der Waals surface area contributed by atoms with Gasteiger partial charge in [0.25, 0.3) is 0 Å². The van der Waals surface area contributed by atoms with E-state index in [9.17, 15) is 13.2 Å². The second kappa shape index (κ2) is 4.86. The first-order valence-electron chi connectivity index (χ1n) is 5.56. The zero-order valence-corrected chi connectivity index (χ0v) is 9.91. The molecular formula is C12H13ClF3N. The van der Waals surface area contributed by atoms with Crippen LogP contribution in [0.5, 0.6) is 0 Å². The molecular weight excluding hydrogens is 251 g/mol. The van der Waals surface area contributed by atoms with Gasteiger partial charge < -0.3 is 5.32 Å². The number of nitrogens with one attached hydrogen (secondary N) is 1. The van der Waals surface area contributed by atoms with Crippen LogP contribution in [0, 0.1) is 0 Å². The zero-order chi connectivity index (χ0) is 12.5. The van der Waals surface area contributed by atoms with Crippen molar-refractivity contribution in [2.45, 2.75) is 24.9 Å². The number of hydrogen-bond donors (Lipinski definition) is 1. The summed E-state index contributed by atoms with van der Waals surface area (Å²) in [5.74, 6) is 0.155. The summed E-state index contributed by atoms with van der Waals surface area (Å²) in [6.07, 6.45) is -2.46. The summed E-state index contributed by atoms with van der Waals surface area (Å²) in [5.41, 5.74) is -0.0174. The largest absolute Gasteiger partial charge is 0.417 e. The Morgan fingerprint density at radius 3 is 2.65 bits per heavy atom. The van der Waals surface area contributed by atoms with Gasteiger partial charge in [-0.3, -0.25) is 0 Å². The van der Waals surface area contributed by atoms with E-state index in [4.69, 9.17) is 11.6 Å². The average Bonchev–Trinajstić information content (AvgIpc) is 2.29. The highest BCUT2D eigenvalue weighted by atomic mass is 35.5. The Hall–Kier alpha value is -0.740. The molecule has 1 N–H and O–H groups in total. The molecule has 0 aliphatic carbocycles. The number of benzene rings is 1. The van der Waals surface area contributed by atoms with Crippen molar-refractivity contribution in [1.29, 1.82) is 0 Å². The number of alkyl halides is 3. The first-order valence-corrected chi connectivity index (χ1v) is 5.93. The maximum absolute atomic E-state index is 12.7. The highest BCUT2D eigenvalue weighted by Gasteiger charge is 2.33. The fourth-order valence-corrected chi connectivity index (χ4v) is 2.38. The van der Waals surface area contributed by atoms with Crippen LogP contribution < -0.4 is 5.32 Å². The van der Waals surface area contributed by atoms with Crippen molar-refractivity contribution in [3.8, 4) is 0 Å². The van der Waals surface area contributed by atoms with Crippen LogP contribution in [0.15, 0.2) is 18.2 Å². The summed E-state index contributed by atoms with van der Waals surface area (Å²) >= 11 is 5.58. The molecule has 0 radical (unpaired) electrons. The van der Waals surface area contributed by atoms with E-state index in [2.05, 4.69) is 5.32 Å². The van der Waals surface area contributed by atoms with Crippen molar-refractivity contribution < 1.29 is 13.2 Å². The molecule has 2 rings (SSSR count). The minimum absolute atomic E-state index is 0.155. The molecule has 1 atom stereocenters. The molecule has 1 aromatic carbocycles. The van der Waals surface area contributed by atoms with Gasteiger partial charge in [0.2, 0.25) is 0 Å². The first kappa shape index (κ1) is 12.7. The Bertz CT molecular complexity index is 397. The molecule has 1 aliphatic heterocycles. The molecule has 94 valence electrons. The van der Waals surface area contributed by atoms with E-state index >= 15 is 0 Å². The number of hydrogen-bond acceptors (Lipinski definition) is 1. The van der Waals surface area contributed by atoms with Gasteiger partial charge in [0.05, 0.1) is 10.6 Å². The van der Waals surface area contributed by atoms with Crippen LogP contribution in [-0.4, -0.2) is 13.1 Å². The lowest BCUT2D eigenvalue weighted by atomic mass is 9.90. The molecule has 1 aliphatic rings. The Morgan fingerprint density at radius 2 is 2.06 bits per heavy atom. The third kappa shape index (κ3) is 2.93. The molecule has 0 amide bonds. The van der Waals surface area contributed by atoms with Gasteiger partial charge in [-0.15, -0.1) is 0 Å². The van der Waals surface area contributed by atoms with Gasteiger partial charge in [-0.1, -0.05) is 17.7 Å². The van der Waals surface area contributed by atoms with Gasteiger partial charge in [-0.05, 0) is 43.0 Å². The Balaban J connectivity index is 2.30. The fourth-order valence-electron chi connectivity index (χ4n) is 2.15. The highest BCUT2D eigenvalue weighted by molar-refractivity contribution is 6.31. The van der Waals surface area contributed by atoms with Crippen molar-refractivity contribution >= 4 is 11.6 Å². The topological polar surface area (TPSA) is 12.0 Å². The summed E-state index contributed by atoms with van der Waals surface area (Å²) in [7, 11) is 0. The average molecular weight is 264 g/mol. The van der Waals surface area contributed by atoms with Crippen LogP contribution in [0.1, 0.15) is 29.9 Å². The summed E-state index contributed by atoms with van der Waals surface area (Å²) < 4.78 is 38.1. The van der Waals surface area contributed by atoms with Crippen molar-refractivity contribution in [2.75, 3.05) is 13.1 Å². The monoisotopic (exact) mass is 263 g/mol. The molecule has 1 heterocycles. The lowest BCUT2D eigenvalue weighted by molar-refractivity contribution is -0.137. The first-order chi connectivity index (χ1) is 7.98. The second-order valence-corrected chi connectivity index (χ2v) is 4.69. The highest BCUT2D eigenvalue weighted by Crippen LogP contribution is 2.37. The van der Waals surface area contributed by atoms with E-state index in [1.54, 1.807) is 6.07 Å². The number of piperidine rings is 1. The van der Waals surface area contributed by atoms with Crippen LogP contribution in [0.3, 0.4) is 0 Å². The van der Waals surface area contributed by atoms with E-state index in [0.717, 1.165) is 25.9 Å². The smallest absolute Gasteiger partial charge is 0.316 e. The van der Waals surface area contributed by atoms with Crippen LogP contribution >= 0.6 is 11.6 Å². The summed E-state index contributed by atoms with van der Waals surface area (Å²) in [6.45, 7) is 1.68. The number of halogens is 4. The van der Waals surface area contributed by atoms with Gasteiger partial charge in [-0.25, -0.2) is 0 Å². The van der Waals surface area contributed by atoms with Gasteiger partial charge in [0.1, 0.15) is 0 Å². The molecule has 1 fully saturated rings. The molecule has 0 saturated carbocycles. The van der Waals surface area contributed by atoms with Crippen molar-refractivity contribution in [2.24, 2.45) is 0 Å². The quantitative estimate of drug-likeness (QED) is 0.812. The predicted octanol–water partition coefficient (Wildman–Crippen LogP) is 3.83. The van der Waals surface area contributed by atoms with Crippen molar-refractivity contribution in [1.82, 2.24) is 5.32 Å². The van der Waals surface area contributed by atoms with Crippen LogP contribution in [0.25, 0.3) is 0 Å². The van der Waals surface area contributed by atoms with Crippen molar-refractivity contribution in [3.05, 3.63) is 34.3 Å². The zero-order valence-electron chi connectivity index (χ0n) is 9.15. The van der Waals surface area contributed by atoms with E-state index in [1.807, 2.05) is 0 Å². The maximum atomic E-state index is 12.7. The van der Waals surface area contributed by atoms with Gasteiger partial charge in [0.15, 0.2) is 0 Å². The molecule has 0 bridgehead atoms. The van der Waals surface area contributed by atoms with Gasteiger partial charge in [-0.2, -0.15) is 13.2 Å². The molecule has 5 heteroatoms. The van der Waals surface area contributed by atoms with Crippen LogP contribution in [0.2, 0.25) is 5.02 Å². The molecule has 17 heavy (non-hydrogen) atoms. The normalized spacial score (nSPS) is 21.5. The van der Waals surface area contributed by atoms with Crippen LogP contribution in [-0.2, 0) is 6.18 Å². The minimum Gasteiger partial charge on any atom is -0.316 e. The standard InChI is InChI=1S/C12H13ClF3N/c13-11-4-3-8(6-10(11)12(14,15)16)9-2-1-5-17-7-9/h3-4,6,9,17H,1-2,5,7H2/t9-/m0/s1. The fraction of sp³-hybridized carbons (Fsp3) is 0.500. The van der Waals surface area contributed by atoms with Crippen molar-refractivity contribution in [3.63, 3.8) is 0 Å². The third-order valence-electron chi connectivity index (χ3n) is 3.06. The minimum atomic E-state index is -4.38. The maximum Gasteiger partial charge on any atom is 0.417 e. The lowest BCUT2D eigenvalue weighted by Gasteiger charge is -2.24. The Kier molecular flexibility index (Phi) is 3.64. The molecule has 1 aromatic rings. The number of rotatable bonds is 1. The molecule has 0 aromatic heterocycles.